The second-order valence-corrected chi connectivity index (χ2v) is 9.51. The number of ether oxygens (including phenoxy) is 2. The van der Waals surface area contributed by atoms with E-state index in [1.165, 1.54) is 0 Å². The van der Waals surface area contributed by atoms with Gasteiger partial charge in [-0.1, -0.05) is 26.0 Å². The van der Waals surface area contributed by atoms with Crippen LogP contribution in [0.1, 0.15) is 44.7 Å². The molecule has 188 valence electrons. The van der Waals surface area contributed by atoms with E-state index in [1.54, 1.807) is 0 Å². The number of hydrogen-bond donors (Lipinski definition) is 4. The third-order valence-corrected chi connectivity index (χ3v) is 6.46. The molecular formula is C25H36N2O7. The number of epoxide rings is 1. The summed E-state index contributed by atoms with van der Waals surface area (Å²) < 4.78 is 10.9. The summed E-state index contributed by atoms with van der Waals surface area (Å²) in [6, 6.07) is 3.75. The van der Waals surface area contributed by atoms with Gasteiger partial charge in [0.05, 0.1) is 32.5 Å². The highest BCUT2D eigenvalue weighted by Crippen LogP contribution is 2.33. The summed E-state index contributed by atoms with van der Waals surface area (Å²) in [6.07, 6.45) is 2.16. The van der Waals surface area contributed by atoms with Crippen molar-refractivity contribution in [2.75, 3.05) is 26.4 Å². The van der Waals surface area contributed by atoms with Crippen molar-refractivity contribution >= 4 is 17.6 Å². The van der Waals surface area contributed by atoms with Gasteiger partial charge in [-0.15, -0.1) is 0 Å². The number of amides is 2. The Labute approximate surface area is 200 Å². The SMILES string of the molecule is CCOc1cccc2c1CCC(C(=O)N[C@@H](CO)C(=O)NC(CC(C)C)C(=O)[C@@]1(CO)CO1)C2. The molecule has 0 aromatic heterocycles. The van der Waals surface area contributed by atoms with Crippen LogP contribution in [0.15, 0.2) is 18.2 Å². The van der Waals surface area contributed by atoms with Crippen molar-refractivity contribution in [3.8, 4) is 5.75 Å². The molecule has 1 aromatic rings. The molecule has 2 unspecified atom stereocenters. The lowest BCUT2D eigenvalue weighted by molar-refractivity contribution is -0.135. The smallest absolute Gasteiger partial charge is 0.245 e. The van der Waals surface area contributed by atoms with Gasteiger partial charge >= 0.3 is 0 Å². The number of nitrogens with one attached hydrogen (secondary N) is 2. The van der Waals surface area contributed by atoms with Crippen molar-refractivity contribution in [1.82, 2.24) is 10.6 Å². The van der Waals surface area contributed by atoms with Gasteiger partial charge in [0.1, 0.15) is 11.8 Å². The van der Waals surface area contributed by atoms with Crippen LogP contribution in [0.2, 0.25) is 0 Å². The molecule has 2 aliphatic rings. The molecule has 1 aliphatic carbocycles. The maximum absolute atomic E-state index is 13.0. The van der Waals surface area contributed by atoms with Gasteiger partial charge in [0.15, 0.2) is 11.4 Å². The first-order valence-corrected chi connectivity index (χ1v) is 12.0. The molecule has 2 amide bonds. The van der Waals surface area contributed by atoms with E-state index in [2.05, 4.69) is 10.6 Å². The molecule has 4 N–H and O–H groups in total. The number of carbonyl (C=O) groups is 3. The minimum Gasteiger partial charge on any atom is -0.494 e. The highest BCUT2D eigenvalue weighted by Gasteiger charge is 2.54. The third-order valence-electron chi connectivity index (χ3n) is 6.46. The van der Waals surface area contributed by atoms with E-state index >= 15 is 0 Å². The highest BCUT2D eigenvalue weighted by molar-refractivity contribution is 5.98. The van der Waals surface area contributed by atoms with Gasteiger partial charge in [-0.3, -0.25) is 14.4 Å². The first-order valence-electron chi connectivity index (χ1n) is 12.0. The molecule has 1 aromatic carbocycles. The molecule has 9 nitrogen and oxygen atoms in total. The quantitative estimate of drug-likeness (QED) is 0.323. The molecule has 0 radical (unpaired) electrons. The second-order valence-electron chi connectivity index (χ2n) is 9.51. The molecule has 34 heavy (non-hydrogen) atoms. The number of aliphatic hydroxyl groups excluding tert-OH is 2. The summed E-state index contributed by atoms with van der Waals surface area (Å²) in [4.78, 5) is 38.7. The van der Waals surface area contributed by atoms with Crippen LogP contribution < -0.4 is 15.4 Å². The van der Waals surface area contributed by atoms with Gasteiger partial charge in [-0.2, -0.15) is 0 Å². The average molecular weight is 477 g/mol. The third kappa shape index (κ3) is 5.95. The molecule has 1 heterocycles. The number of ketones is 1. The van der Waals surface area contributed by atoms with Crippen molar-refractivity contribution in [2.24, 2.45) is 11.8 Å². The number of benzene rings is 1. The fourth-order valence-corrected chi connectivity index (χ4v) is 4.46. The number of rotatable bonds is 12. The van der Waals surface area contributed by atoms with E-state index < -0.39 is 42.6 Å². The zero-order chi connectivity index (χ0) is 24.9. The van der Waals surface area contributed by atoms with Crippen LogP contribution in [0.5, 0.6) is 5.75 Å². The number of aliphatic hydroxyl groups is 2. The first-order chi connectivity index (χ1) is 16.2. The Balaban J connectivity index is 1.63. The Morgan fingerprint density at radius 2 is 1.94 bits per heavy atom. The van der Waals surface area contributed by atoms with E-state index in [0.717, 1.165) is 16.9 Å². The van der Waals surface area contributed by atoms with Crippen LogP contribution in [0.25, 0.3) is 0 Å². The molecule has 0 saturated carbocycles. The number of carbonyl (C=O) groups excluding carboxylic acids is 3. The summed E-state index contributed by atoms with van der Waals surface area (Å²) in [5, 5.41) is 24.6. The molecule has 1 fully saturated rings. The van der Waals surface area contributed by atoms with E-state index in [-0.39, 0.29) is 24.3 Å². The molecule has 9 heteroatoms. The second kappa shape index (κ2) is 11.3. The van der Waals surface area contributed by atoms with E-state index in [4.69, 9.17) is 9.47 Å². The number of fused-ring (bicyclic) bond motifs is 1. The topological polar surface area (TPSA) is 137 Å². The maximum Gasteiger partial charge on any atom is 0.245 e. The van der Waals surface area contributed by atoms with Crippen LogP contribution >= 0.6 is 0 Å². The number of hydrogen-bond acceptors (Lipinski definition) is 7. The van der Waals surface area contributed by atoms with E-state index in [0.29, 0.717) is 32.3 Å². The Bertz CT molecular complexity index is 897. The van der Waals surface area contributed by atoms with Crippen molar-refractivity contribution in [3.05, 3.63) is 29.3 Å². The molecular weight excluding hydrogens is 440 g/mol. The van der Waals surface area contributed by atoms with Crippen LogP contribution in [0, 0.1) is 11.8 Å². The first kappa shape index (κ1) is 26.1. The fourth-order valence-electron chi connectivity index (χ4n) is 4.46. The Hall–Kier alpha value is -2.49. The lowest BCUT2D eigenvalue weighted by Crippen LogP contribution is -2.56. The van der Waals surface area contributed by atoms with Gasteiger partial charge in [-0.05, 0) is 55.7 Å². The zero-order valence-electron chi connectivity index (χ0n) is 20.1. The normalized spacial score (nSPS) is 22.9. The van der Waals surface area contributed by atoms with Crippen molar-refractivity contribution in [3.63, 3.8) is 0 Å². The van der Waals surface area contributed by atoms with Gasteiger partial charge in [0.25, 0.3) is 0 Å². The lowest BCUT2D eigenvalue weighted by Gasteiger charge is -2.28. The number of Topliss-reactive ketones (excluding diaryl/α,β-unsaturated/α-hetero) is 1. The van der Waals surface area contributed by atoms with Crippen molar-refractivity contribution < 1.29 is 34.1 Å². The summed E-state index contributed by atoms with van der Waals surface area (Å²) in [5.74, 6) is -0.752. The van der Waals surface area contributed by atoms with Crippen LogP contribution in [-0.2, 0) is 32.0 Å². The van der Waals surface area contributed by atoms with Crippen LogP contribution in [-0.4, -0.2) is 71.9 Å². The molecule has 0 spiro atoms. The molecule has 3 rings (SSSR count). The van der Waals surface area contributed by atoms with Gasteiger partial charge < -0.3 is 30.3 Å². The van der Waals surface area contributed by atoms with Crippen molar-refractivity contribution in [2.45, 2.75) is 64.1 Å². The Morgan fingerprint density at radius 3 is 2.53 bits per heavy atom. The summed E-state index contributed by atoms with van der Waals surface area (Å²) in [5.41, 5.74) is 0.893. The molecule has 1 saturated heterocycles. The lowest BCUT2D eigenvalue weighted by atomic mass is 9.83. The summed E-state index contributed by atoms with van der Waals surface area (Å²) in [6.45, 7) is 5.38. The van der Waals surface area contributed by atoms with Gasteiger partial charge in [-0.25, -0.2) is 0 Å². The standard InChI is InChI=1S/C25H36N2O7/c1-4-33-21-7-5-6-16-11-17(8-9-18(16)21)23(31)27-20(12-28)24(32)26-19(10-15(2)3)22(30)25(13-29)14-34-25/h5-7,15,17,19-20,28-29H,4,8-14H2,1-3H3,(H,26,32)(H,27,31)/t17?,19?,20-,25+/m0/s1. The summed E-state index contributed by atoms with van der Waals surface area (Å²) >= 11 is 0. The van der Waals surface area contributed by atoms with Crippen LogP contribution in [0.3, 0.4) is 0 Å². The highest BCUT2D eigenvalue weighted by atomic mass is 16.6. The fraction of sp³-hybridized carbons (Fsp3) is 0.640. The minimum atomic E-state index is -1.26. The van der Waals surface area contributed by atoms with Crippen molar-refractivity contribution in [1.29, 1.82) is 0 Å². The van der Waals surface area contributed by atoms with E-state index in [9.17, 15) is 24.6 Å². The maximum atomic E-state index is 13.0. The Morgan fingerprint density at radius 1 is 1.21 bits per heavy atom. The Kier molecular flexibility index (Phi) is 8.67. The molecule has 1 aliphatic heterocycles. The largest absolute Gasteiger partial charge is 0.494 e. The van der Waals surface area contributed by atoms with Crippen LogP contribution in [0.4, 0.5) is 0 Å². The predicted molar refractivity (Wildman–Crippen MR) is 124 cm³/mol. The predicted octanol–water partition coefficient (Wildman–Crippen LogP) is 0.529. The van der Waals surface area contributed by atoms with Gasteiger partial charge in [0, 0.05) is 5.92 Å². The summed E-state index contributed by atoms with van der Waals surface area (Å²) in [7, 11) is 0. The zero-order valence-corrected chi connectivity index (χ0v) is 20.1. The molecule has 4 atom stereocenters. The minimum absolute atomic E-state index is 0.0924. The average Bonchev–Trinajstić information content (AvgIpc) is 3.62. The molecule has 0 bridgehead atoms. The van der Waals surface area contributed by atoms with E-state index in [1.807, 2.05) is 39.0 Å². The monoisotopic (exact) mass is 476 g/mol. The van der Waals surface area contributed by atoms with Gasteiger partial charge in [0.2, 0.25) is 11.8 Å².